The van der Waals surface area contributed by atoms with Crippen molar-refractivity contribution >= 4 is 15.9 Å². The van der Waals surface area contributed by atoms with Crippen molar-refractivity contribution < 1.29 is 9.84 Å². The molecule has 1 saturated heterocycles. The van der Waals surface area contributed by atoms with Crippen molar-refractivity contribution in [1.29, 1.82) is 0 Å². The number of rotatable bonds is 1. The van der Waals surface area contributed by atoms with Crippen LogP contribution in [0.1, 0.15) is 30.1 Å². The van der Waals surface area contributed by atoms with Gasteiger partial charge in [0.05, 0.1) is 12.2 Å². The van der Waals surface area contributed by atoms with Gasteiger partial charge in [-0.15, -0.1) is 0 Å². The SMILES string of the molecule is Cc1ccc(Br)c(C2CC(O)CCO2)c1. The average Bonchev–Trinajstić information content (AvgIpc) is 2.22. The first-order valence-corrected chi connectivity index (χ1v) is 6.02. The van der Waals surface area contributed by atoms with Gasteiger partial charge >= 0.3 is 0 Å². The summed E-state index contributed by atoms with van der Waals surface area (Å²) in [7, 11) is 0. The Morgan fingerprint density at radius 1 is 1.47 bits per heavy atom. The summed E-state index contributed by atoms with van der Waals surface area (Å²) in [5, 5.41) is 9.61. The highest BCUT2D eigenvalue weighted by atomic mass is 79.9. The quantitative estimate of drug-likeness (QED) is 0.850. The van der Waals surface area contributed by atoms with Crippen LogP contribution in [-0.2, 0) is 4.74 Å². The minimum atomic E-state index is -0.226. The molecule has 0 radical (unpaired) electrons. The van der Waals surface area contributed by atoms with Gasteiger partial charge in [0, 0.05) is 17.5 Å². The van der Waals surface area contributed by atoms with Crippen molar-refractivity contribution in [1.82, 2.24) is 0 Å². The topological polar surface area (TPSA) is 29.5 Å². The molecule has 1 aromatic carbocycles. The molecule has 82 valence electrons. The first-order chi connectivity index (χ1) is 7.16. The zero-order valence-corrected chi connectivity index (χ0v) is 10.3. The molecule has 2 atom stereocenters. The summed E-state index contributed by atoms with van der Waals surface area (Å²) < 4.78 is 6.74. The summed E-state index contributed by atoms with van der Waals surface area (Å²) in [5.41, 5.74) is 2.37. The van der Waals surface area contributed by atoms with Crippen LogP contribution < -0.4 is 0 Å². The molecule has 0 aliphatic carbocycles. The van der Waals surface area contributed by atoms with Crippen LogP contribution in [0.25, 0.3) is 0 Å². The van der Waals surface area contributed by atoms with Crippen molar-refractivity contribution in [3.63, 3.8) is 0 Å². The van der Waals surface area contributed by atoms with Crippen molar-refractivity contribution in [2.24, 2.45) is 0 Å². The maximum atomic E-state index is 9.61. The van der Waals surface area contributed by atoms with E-state index in [2.05, 4.69) is 35.0 Å². The first-order valence-electron chi connectivity index (χ1n) is 5.22. The maximum absolute atomic E-state index is 9.61. The van der Waals surface area contributed by atoms with E-state index in [4.69, 9.17) is 4.74 Å². The Bertz CT molecular complexity index is 351. The van der Waals surface area contributed by atoms with E-state index in [1.807, 2.05) is 6.07 Å². The molecule has 2 nitrogen and oxygen atoms in total. The van der Waals surface area contributed by atoms with E-state index in [1.54, 1.807) is 0 Å². The zero-order valence-electron chi connectivity index (χ0n) is 8.74. The molecular weight excluding hydrogens is 256 g/mol. The molecule has 0 amide bonds. The zero-order chi connectivity index (χ0) is 10.8. The Labute approximate surface area is 98.4 Å². The largest absolute Gasteiger partial charge is 0.393 e. The fourth-order valence-corrected chi connectivity index (χ4v) is 2.41. The minimum absolute atomic E-state index is 0.0306. The van der Waals surface area contributed by atoms with Gasteiger partial charge in [-0.2, -0.15) is 0 Å². The Hall–Kier alpha value is -0.380. The van der Waals surface area contributed by atoms with E-state index in [9.17, 15) is 5.11 Å². The lowest BCUT2D eigenvalue weighted by atomic mass is 9.98. The number of aryl methyl sites for hydroxylation is 1. The van der Waals surface area contributed by atoms with E-state index < -0.39 is 0 Å². The lowest BCUT2D eigenvalue weighted by molar-refractivity contribution is -0.0451. The van der Waals surface area contributed by atoms with Crippen molar-refractivity contribution in [3.8, 4) is 0 Å². The molecule has 0 aromatic heterocycles. The second-order valence-electron chi connectivity index (χ2n) is 4.06. The third-order valence-corrected chi connectivity index (χ3v) is 3.48. The van der Waals surface area contributed by atoms with Crippen LogP contribution in [-0.4, -0.2) is 17.8 Å². The number of aliphatic hydroxyl groups is 1. The van der Waals surface area contributed by atoms with Crippen LogP contribution in [0, 0.1) is 6.92 Å². The number of halogens is 1. The normalized spacial score (nSPS) is 26.6. The fraction of sp³-hybridized carbons (Fsp3) is 0.500. The second kappa shape index (κ2) is 4.64. The highest BCUT2D eigenvalue weighted by Crippen LogP contribution is 2.33. The van der Waals surface area contributed by atoms with Gasteiger partial charge < -0.3 is 9.84 Å². The maximum Gasteiger partial charge on any atom is 0.0860 e. The third-order valence-electron chi connectivity index (χ3n) is 2.75. The Kier molecular flexibility index (Phi) is 3.44. The van der Waals surface area contributed by atoms with Crippen LogP contribution in [0.5, 0.6) is 0 Å². The molecule has 0 saturated carbocycles. The summed E-state index contributed by atoms with van der Waals surface area (Å²) in [6.07, 6.45) is 1.25. The Morgan fingerprint density at radius 2 is 2.27 bits per heavy atom. The summed E-state index contributed by atoms with van der Waals surface area (Å²) in [5.74, 6) is 0. The highest BCUT2D eigenvalue weighted by molar-refractivity contribution is 9.10. The summed E-state index contributed by atoms with van der Waals surface area (Å²) in [6.45, 7) is 2.71. The van der Waals surface area contributed by atoms with Gasteiger partial charge in [-0.25, -0.2) is 0 Å². The van der Waals surface area contributed by atoms with E-state index in [1.165, 1.54) is 5.56 Å². The molecule has 1 aliphatic rings. The molecular formula is C12H15BrO2. The molecule has 1 aromatic rings. The standard InChI is InChI=1S/C12H15BrO2/c1-8-2-3-11(13)10(6-8)12-7-9(14)4-5-15-12/h2-3,6,9,12,14H,4-5,7H2,1H3. The molecule has 0 bridgehead atoms. The fourth-order valence-electron chi connectivity index (χ4n) is 1.91. The van der Waals surface area contributed by atoms with Crippen molar-refractivity contribution in [3.05, 3.63) is 33.8 Å². The first kappa shape index (κ1) is 11.1. The van der Waals surface area contributed by atoms with Crippen LogP contribution >= 0.6 is 15.9 Å². The summed E-state index contributed by atoms with van der Waals surface area (Å²) >= 11 is 3.52. The number of hydrogen-bond acceptors (Lipinski definition) is 2. The molecule has 2 rings (SSSR count). The number of benzene rings is 1. The predicted octanol–water partition coefficient (Wildman–Crippen LogP) is 2.97. The van der Waals surface area contributed by atoms with Gasteiger partial charge in [0.2, 0.25) is 0 Å². The van der Waals surface area contributed by atoms with Crippen LogP contribution in [0.4, 0.5) is 0 Å². The molecule has 1 aliphatic heterocycles. The van der Waals surface area contributed by atoms with Crippen molar-refractivity contribution in [2.75, 3.05) is 6.61 Å². The molecule has 15 heavy (non-hydrogen) atoms. The smallest absolute Gasteiger partial charge is 0.0860 e. The molecule has 1 heterocycles. The van der Waals surface area contributed by atoms with Gasteiger partial charge in [-0.3, -0.25) is 0 Å². The molecule has 2 unspecified atom stereocenters. The van der Waals surface area contributed by atoms with Crippen LogP contribution in [0.2, 0.25) is 0 Å². The van der Waals surface area contributed by atoms with E-state index in [0.29, 0.717) is 13.0 Å². The molecule has 1 N–H and O–H groups in total. The van der Waals surface area contributed by atoms with E-state index in [0.717, 1.165) is 16.5 Å². The molecule has 3 heteroatoms. The van der Waals surface area contributed by atoms with Gasteiger partial charge in [0.25, 0.3) is 0 Å². The lowest BCUT2D eigenvalue weighted by Gasteiger charge is -2.27. The number of ether oxygens (including phenoxy) is 1. The van der Waals surface area contributed by atoms with Gasteiger partial charge in [0.1, 0.15) is 0 Å². The summed E-state index contributed by atoms with van der Waals surface area (Å²) in [4.78, 5) is 0. The van der Waals surface area contributed by atoms with Crippen LogP contribution in [0.15, 0.2) is 22.7 Å². The average molecular weight is 271 g/mol. The number of aliphatic hydroxyl groups excluding tert-OH is 1. The Morgan fingerprint density at radius 3 is 3.00 bits per heavy atom. The third kappa shape index (κ3) is 2.60. The highest BCUT2D eigenvalue weighted by Gasteiger charge is 2.23. The van der Waals surface area contributed by atoms with Gasteiger partial charge in [0.15, 0.2) is 0 Å². The van der Waals surface area contributed by atoms with Crippen molar-refractivity contribution in [2.45, 2.75) is 32.0 Å². The van der Waals surface area contributed by atoms with Gasteiger partial charge in [-0.05, 0) is 25.0 Å². The monoisotopic (exact) mass is 270 g/mol. The number of hydrogen-bond donors (Lipinski definition) is 1. The van der Waals surface area contributed by atoms with Crippen LogP contribution in [0.3, 0.4) is 0 Å². The lowest BCUT2D eigenvalue weighted by Crippen LogP contribution is -2.23. The predicted molar refractivity (Wildman–Crippen MR) is 62.8 cm³/mol. The minimum Gasteiger partial charge on any atom is -0.393 e. The molecule has 0 spiro atoms. The summed E-state index contributed by atoms with van der Waals surface area (Å²) in [6, 6.07) is 6.22. The van der Waals surface area contributed by atoms with E-state index >= 15 is 0 Å². The van der Waals surface area contributed by atoms with Gasteiger partial charge in [-0.1, -0.05) is 33.6 Å². The second-order valence-corrected chi connectivity index (χ2v) is 4.92. The Balaban J connectivity index is 2.24. The molecule has 1 fully saturated rings. The van der Waals surface area contributed by atoms with E-state index in [-0.39, 0.29) is 12.2 Å².